The van der Waals surface area contributed by atoms with Crippen molar-refractivity contribution in [3.63, 3.8) is 0 Å². The minimum Gasteiger partial charge on any atom is -0.483 e. The number of carbonyl (C=O) groups excluding carboxylic acids is 1. The van der Waals surface area contributed by atoms with Crippen LogP contribution < -0.4 is 10.1 Å². The molecule has 6 nitrogen and oxygen atoms in total. The van der Waals surface area contributed by atoms with E-state index in [2.05, 4.69) is 11.4 Å². The number of hydrogen-bond donors (Lipinski definition) is 1. The number of sulfonamides is 1. The maximum atomic E-state index is 13.2. The third kappa shape index (κ3) is 5.13. The first-order chi connectivity index (χ1) is 16.1. The van der Waals surface area contributed by atoms with Crippen LogP contribution in [0.3, 0.4) is 0 Å². The van der Waals surface area contributed by atoms with Gasteiger partial charge in [-0.1, -0.05) is 12.1 Å². The van der Waals surface area contributed by atoms with Crippen molar-refractivity contribution in [2.45, 2.75) is 38.6 Å². The van der Waals surface area contributed by atoms with Crippen molar-refractivity contribution in [1.82, 2.24) is 4.31 Å². The molecule has 3 aromatic carbocycles. The van der Waals surface area contributed by atoms with Gasteiger partial charge in [-0.2, -0.15) is 4.31 Å². The van der Waals surface area contributed by atoms with E-state index < -0.39 is 15.8 Å². The number of halogens is 1. The van der Waals surface area contributed by atoms with Gasteiger partial charge in [-0.25, -0.2) is 12.8 Å². The third-order valence-corrected chi connectivity index (χ3v) is 7.90. The number of nitrogens with one attached hydrogen (secondary N) is 1. The summed E-state index contributed by atoms with van der Waals surface area (Å²) < 4.78 is 46.3. The van der Waals surface area contributed by atoms with Crippen molar-refractivity contribution in [3.8, 4) is 5.75 Å². The number of anilines is 1. The molecular formula is C26H27FN2O4S. The van der Waals surface area contributed by atoms with Crippen molar-refractivity contribution in [3.05, 3.63) is 88.2 Å². The Kier molecular flexibility index (Phi) is 6.72. The SMILES string of the molecule is Cc1cc(C)c(C)c(OCC(=O)Nc2ccc3c(c2)CN(S(=O)(=O)c2ccc(F)cc2)CC3)c1. The summed E-state index contributed by atoms with van der Waals surface area (Å²) in [5, 5.41) is 2.83. The van der Waals surface area contributed by atoms with E-state index in [1.54, 1.807) is 6.07 Å². The molecule has 0 unspecified atom stereocenters. The Morgan fingerprint density at radius 2 is 1.76 bits per heavy atom. The van der Waals surface area contributed by atoms with Crippen LogP contribution in [0.15, 0.2) is 59.5 Å². The van der Waals surface area contributed by atoms with Gasteiger partial charge in [0.2, 0.25) is 10.0 Å². The molecule has 0 saturated carbocycles. The molecule has 1 heterocycles. The zero-order valence-corrected chi connectivity index (χ0v) is 20.2. The number of rotatable bonds is 6. The van der Waals surface area contributed by atoms with Gasteiger partial charge in [0.1, 0.15) is 11.6 Å². The van der Waals surface area contributed by atoms with Gasteiger partial charge in [-0.15, -0.1) is 0 Å². The molecule has 0 saturated heterocycles. The van der Waals surface area contributed by atoms with Crippen LogP contribution in [0.25, 0.3) is 0 Å². The lowest BCUT2D eigenvalue weighted by molar-refractivity contribution is -0.118. The Morgan fingerprint density at radius 1 is 1.03 bits per heavy atom. The van der Waals surface area contributed by atoms with Crippen LogP contribution in [0.2, 0.25) is 0 Å². The van der Waals surface area contributed by atoms with Crippen molar-refractivity contribution < 1.29 is 22.3 Å². The molecule has 0 atom stereocenters. The van der Waals surface area contributed by atoms with Crippen LogP contribution in [0, 0.1) is 26.6 Å². The topological polar surface area (TPSA) is 75.7 Å². The van der Waals surface area contributed by atoms with E-state index in [9.17, 15) is 17.6 Å². The minimum absolute atomic E-state index is 0.0561. The van der Waals surface area contributed by atoms with Gasteiger partial charge in [-0.05, 0) is 97.5 Å². The zero-order valence-electron chi connectivity index (χ0n) is 19.4. The number of nitrogens with zero attached hydrogens (tertiary/aromatic N) is 1. The van der Waals surface area contributed by atoms with Crippen molar-refractivity contribution in [2.24, 2.45) is 0 Å². The maximum absolute atomic E-state index is 13.2. The molecule has 1 N–H and O–H groups in total. The van der Waals surface area contributed by atoms with E-state index >= 15 is 0 Å². The summed E-state index contributed by atoms with van der Waals surface area (Å²) in [6.07, 6.45) is 0.555. The lowest BCUT2D eigenvalue weighted by Crippen LogP contribution is -2.36. The molecule has 0 aromatic heterocycles. The molecule has 0 bridgehead atoms. The van der Waals surface area contributed by atoms with Gasteiger partial charge in [0, 0.05) is 18.8 Å². The average Bonchev–Trinajstić information content (AvgIpc) is 2.80. The van der Waals surface area contributed by atoms with Crippen LogP contribution in [0.1, 0.15) is 27.8 Å². The Hall–Kier alpha value is -3.23. The number of ether oxygens (including phenoxy) is 1. The van der Waals surface area contributed by atoms with Gasteiger partial charge in [0.25, 0.3) is 5.91 Å². The van der Waals surface area contributed by atoms with Crippen LogP contribution in [-0.4, -0.2) is 31.8 Å². The Labute approximate surface area is 199 Å². The molecule has 4 rings (SSSR count). The number of carbonyl (C=O) groups is 1. The molecule has 34 heavy (non-hydrogen) atoms. The summed E-state index contributed by atoms with van der Waals surface area (Å²) in [5.41, 5.74) is 5.59. The molecule has 1 amide bonds. The summed E-state index contributed by atoms with van der Waals surface area (Å²) in [6, 6.07) is 14.3. The summed E-state index contributed by atoms with van der Waals surface area (Å²) in [4.78, 5) is 12.6. The second kappa shape index (κ2) is 9.56. The van der Waals surface area contributed by atoms with Crippen LogP contribution in [0.5, 0.6) is 5.75 Å². The first-order valence-electron chi connectivity index (χ1n) is 11.0. The van der Waals surface area contributed by atoms with Crippen molar-refractivity contribution in [2.75, 3.05) is 18.5 Å². The predicted octanol–water partition coefficient (Wildman–Crippen LogP) is 4.52. The normalized spacial score (nSPS) is 13.9. The molecule has 0 aliphatic carbocycles. The zero-order chi connectivity index (χ0) is 24.5. The molecule has 0 fully saturated rings. The van der Waals surface area contributed by atoms with E-state index in [4.69, 9.17) is 4.74 Å². The lowest BCUT2D eigenvalue weighted by Gasteiger charge is -2.28. The van der Waals surface area contributed by atoms with E-state index in [1.165, 1.54) is 16.4 Å². The third-order valence-electron chi connectivity index (χ3n) is 6.04. The van der Waals surface area contributed by atoms with Crippen molar-refractivity contribution in [1.29, 1.82) is 0 Å². The Bertz CT molecular complexity index is 1340. The molecule has 3 aromatic rings. The highest BCUT2D eigenvalue weighted by Crippen LogP contribution is 2.27. The molecule has 178 valence electrons. The molecule has 0 spiro atoms. The van der Waals surface area contributed by atoms with Gasteiger partial charge in [0.15, 0.2) is 6.61 Å². The van der Waals surface area contributed by atoms with E-state index in [0.29, 0.717) is 24.4 Å². The number of fused-ring (bicyclic) bond motifs is 1. The molecule has 8 heteroatoms. The number of amides is 1. The second-order valence-electron chi connectivity index (χ2n) is 8.57. The fraction of sp³-hybridized carbons (Fsp3) is 0.269. The largest absolute Gasteiger partial charge is 0.483 e. The minimum atomic E-state index is -3.75. The van der Waals surface area contributed by atoms with Gasteiger partial charge in [0.05, 0.1) is 4.90 Å². The lowest BCUT2D eigenvalue weighted by atomic mass is 10.0. The monoisotopic (exact) mass is 482 g/mol. The van der Waals surface area contributed by atoms with Crippen LogP contribution in [-0.2, 0) is 27.8 Å². The Balaban J connectivity index is 1.44. The first-order valence-corrected chi connectivity index (χ1v) is 12.5. The average molecular weight is 483 g/mol. The van der Waals surface area contributed by atoms with Crippen LogP contribution in [0.4, 0.5) is 10.1 Å². The predicted molar refractivity (Wildman–Crippen MR) is 129 cm³/mol. The molecule has 0 radical (unpaired) electrons. The highest BCUT2D eigenvalue weighted by atomic mass is 32.2. The van der Waals surface area contributed by atoms with E-state index in [-0.39, 0.29) is 24.0 Å². The summed E-state index contributed by atoms with van der Waals surface area (Å²) >= 11 is 0. The van der Waals surface area contributed by atoms with E-state index in [0.717, 1.165) is 39.9 Å². The summed E-state index contributed by atoms with van der Waals surface area (Å²) in [7, 11) is -3.75. The quantitative estimate of drug-likeness (QED) is 0.561. The van der Waals surface area contributed by atoms with Gasteiger partial charge < -0.3 is 10.1 Å². The molecule has 1 aliphatic heterocycles. The number of aryl methyl sites for hydroxylation is 2. The highest BCUT2D eigenvalue weighted by Gasteiger charge is 2.28. The summed E-state index contributed by atoms with van der Waals surface area (Å²) in [6.45, 7) is 6.32. The molecule has 1 aliphatic rings. The van der Waals surface area contributed by atoms with Gasteiger partial charge >= 0.3 is 0 Å². The second-order valence-corrected chi connectivity index (χ2v) is 10.5. The fourth-order valence-corrected chi connectivity index (χ4v) is 5.48. The number of hydrogen-bond acceptors (Lipinski definition) is 4. The maximum Gasteiger partial charge on any atom is 0.262 e. The first kappa shape index (κ1) is 23.9. The number of benzene rings is 3. The standard InChI is InChI=1S/C26H27FN2O4S/c1-17-12-18(2)19(3)25(13-17)33-16-26(30)28-23-7-4-20-10-11-29(15-21(20)14-23)34(31,32)24-8-5-22(27)6-9-24/h4-9,12-14H,10-11,15-16H2,1-3H3,(H,28,30). The van der Waals surface area contributed by atoms with E-state index in [1.807, 2.05) is 39.0 Å². The Morgan fingerprint density at radius 3 is 2.50 bits per heavy atom. The smallest absolute Gasteiger partial charge is 0.262 e. The highest BCUT2D eigenvalue weighted by molar-refractivity contribution is 7.89. The molecular weight excluding hydrogens is 455 g/mol. The van der Waals surface area contributed by atoms with Crippen molar-refractivity contribution >= 4 is 21.6 Å². The van der Waals surface area contributed by atoms with Crippen LogP contribution >= 0.6 is 0 Å². The summed E-state index contributed by atoms with van der Waals surface area (Å²) in [5.74, 6) is -0.107. The fourth-order valence-electron chi connectivity index (χ4n) is 4.06. The van der Waals surface area contributed by atoms with Gasteiger partial charge in [-0.3, -0.25) is 4.79 Å².